The number of anilines is 2. The fourth-order valence-corrected chi connectivity index (χ4v) is 4.12. The molecule has 2 aromatic heterocycles. The molecule has 4 rings (SSSR count). The van der Waals surface area contributed by atoms with Crippen LogP contribution in [-0.2, 0) is 6.54 Å². The van der Waals surface area contributed by atoms with E-state index in [1.54, 1.807) is 11.1 Å². The van der Waals surface area contributed by atoms with Crippen LogP contribution in [0, 0.1) is 0 Å². The van der Waals surface area contributed by atoms with Gasteiger partial charge in [-0.05, 0) is 25.1 Å². The Morgan fingerprint density at radius 1 is 1.21 bits per heavy atom. The van der Waals surface area contributed by atoms with Crippen LogP contribution in [0.3, 0.4) is 0 Å². The van der Waals surface area contributed by atoms with Crippen LogP contribution in [0.25, 0.3) is 10.2 Å². The van der Waals surface area contributed by atoms with E-state index < -0.39 is 0 Å². The third-order valence-corrected chi connectivity index (χ3v) is 5.29. The van der Waals surface area contributed by atoms with Crippen LogP contribution >= 0.6 is 11.3 Å². The van der Waals surface area contributed by atoms with E-state index in [0.29, 0.717) is 17.3 Å². The number of amides is 1. The van der Waals surface area contributed by atoms with Crippen LogP contribution in [0.5, 0.6) is 0 Å². The lowest BCUT2D eigenvalue weighted by Gasteiger charge is -2.20. The largest absolute Gasteiger partial charge is 0.387 e. The Kier molecular flexibility index (Phi) is 3.54. The standard InChI is InChI=1S/C18H16N4OS/c1-11-21-10-13-15-14(19-2)8-9-20-17(15)24-16(13)18(23)22(11)12-6-4-3-5-7-12/h3-9H,10H2,1-2H3,(H,19,20). The average molecular weight is 336 g/mol. The van der Waals surface area contributed by atoms with Gasteiger partial charge in [0.2, 0.25) is 0 Å². The van der Waals surface area contributed by atoms with Gasteiger partial charge in [-0.2, -0.15) is 0 Å². The maximum atomic E-state index is 13.2. The number of para-hydroxylation sites is 1. The van der Waals surface area contributed by atoms with Crippen LogP contribution in [0.4, 0.5) is 11.4 Å². The number of aromatic nitrogens is 1. The number of amidine groups is 1. The Bertz CT molecular complexity index is 962. The molecule has 5 nitrogen and oxygen atoms in total. The predicted octanol–water partition coefficient (Wildman–Crippen LogP) is 3.92. The Balaban J connectivity index is 1.94. The number of aliphatic imine (C=N–C) groups is 1. The highest BCUT2D eigenvalue weighted by atomic mass is 32.1. The van der Waals surface area contributed by atoms with Gasteiger partial charge in [0.15, 0.2) is 0 Å². The number of fused-ring (bicyclic) bond motifs is 3. The van der Waals surface area contributed by atoms with Gasteiger partial charge in [0.05, 0.1) is 12.2 Å². The van der Waals surface area contributed by atoms with Gasteiger partial charge in [-0.15, -0.1) is 11.3 Å². The van der Waals surface area contributed by atoms with Crippen molar-refractivity contribution in [2.75, 3.05) is 17.3 Å². The van der Waals surface area contributed by atoms with Crippen LogP contribution in [0.2, 0.25) is 0 Å². The Labute approximate surface area is 143 Å². The minimum absolute atomic E-state index is 0.0417. The summed E-state index contributed by atoms with van der Waals surface area (Å²) in [5, 5.41) is 4.19. The SMILES string of the molecule is CNc1ccnc2sc3c(c12)CN=C(C)N(c1ccccc1)C3=O. The van der Waals surface area contributed by atoms with Gasteiger partial charge in [-0.3, -0.25) is 14.7 Å². The quantitative estimate of drug-likeness (QED) is 0.772. The first-order chi connectivity index (χ1) is 11.7. The Morgan fingerprint density at radius 3 is 2.75 bits per heavy atom. The maximum absolute atomic E-state index is 13.2. The van der Waals surface area contributed by atoms with Crippen molar-refractivity contribution >= 4 is 44.7 Å². The van der Waals surface area contributed by atoms with Gasteiger partial charge in [-0.25, -0.2) is 4.98 Å². The first-order valence-electron chi connectivity index (χ1n) is 7.69. The van der Waals surface area contributed by atoms with Gasteiger partial charge in [0.25, 0.3) is 5.91 Å². The van der Waals surface area contributed by atoms with Crippen LogP contribution in [-0.4, -0.2) is 23.8 Å². The highest BCUT2D eigenvalue weighted by Crippen LogP contribution is 2.38. The molecule has 0 radical (unpaired) electrons. The van der Waals surface area contributed by atoms with Crippen molar-refractivity contribution in [1.29, 1.82) is 0 Å². The molecule has 0 spiro atoms. The molecule has 3 heterocycles. The summed E-state index contributed by atoms with van der Waals surface area (Å²) in [6, 6.07) is 11.6. The van der Waals surface area contributed by atoms with Crippen molar-refractivity contribution in [3.8, 4) is 0 Å². The molecule has 0 aliphatic carbocycles. The molecule has 3 aromatic rings. The predicted molar refractivity (Wildman–Crippen MR) is 99.2 cm³/mol. The summed E-state index contributed by atoms with van der Waals surface area (Å²) >= 11 is 1.44. The van der Waals surface area contributed by atoms with Crippen LogP contribution in [0.1, 0.15) is 22.2 Å². The van der Waals surface area contributed by atoms with E-state index in [0.717, 1.165) is 27.2 Å². The highest BCUT2D eigenvalue weighted by Gasteiger charge is 2.29. The molecule has 0 fully saturated rings. The number of rotatable bonds is 2. The summed E-state index contributed by atoms with van der Waals surface area (Å²) in [6.07, 6.45) is 1.76. The molecule has 0 unspecified atom stereocenters. The molecule has 1 amide bonds. The monoisotopic (exact) mass is 336 g/mol. The third-order valence-electron chi connectivity index (χ3n) is 4.16. The Hall–Kier alpha value is -2.73. The van der Waals surface area contributed by atoms with E-state index in [-0.39, 0.29) is 5.91 Å². The molecule has 0 bridgehead atoms. The van der Waals surface area contributed by atoms with Gasteiger partial charge in [0, 0.05) is 29.9 Å². The molecule has 0 saturated carbocycles. The lowest BCUT2D eigenvalue weighted by Crippen LogP contribution is -2.34. The number of thiophene rings is 1. The van der Waals surface area contributed by atoms with Crippen molar-refractivity contribution in [2.45, 2.75) is 13.5 Å². The number of nitrogens with one attached hydrogen (secondary N) is 1. The summed E-state index contributed by atoms with van der Waals surface area (Å²) in [6.45, 7) is 2.36. The summed E-state index contributed by atoms with van der Waals surface area (Å²) in [5.74, 6) is 0.664. The second-order valence-corrected chi connectivity index (χ2v) is 6.54. The number of benzene rings is 1. The van der Waals surface area contributed by atoms with E-state index in [2.05, 4.69) is 15.3 Å². The zero-order valence-electron chi connectivity index (χ0n) is 13.4. The van der Waals surface area contributed by atoms with Crippen molar-refractivity contribution in [2.24, 2.45) is 4.99 Å². The van der Waals surface area contributed by atoms with E-state index in [1.165, 1.54) is 11.3 Å². The minimum Gasteiger partial charge on any atom is -0.387 e. The summed E-state index contributed by atoms with van der Waals surface area (Å²) in [7, 11) is 1.88. The van der Waals surface area contributed by atoms with Crippen molar-refractivity contribution in [3.63, 3.8) is 0 Å². The number of hydrogen-bond acceptors (Lipinski definition) is 5. The van der Waals surface area contributed by atoms with E-state index >= 15 is 0 Å². The fraction of sp³-hybridized carbons (Fsp3) is 0.167. The van der Waals surface area contributed by atoms with Gasteiger partial charge in [0.1, 0.15) is 15.5 Å². The first kappa shape index (κ1) is 14.8. The normalized spacial score (nSPS) is 14.3. The van der Waals surface area contributed by atoms with E-state index in [4.69, 9.17) is 0 Å². The van der Waals surface area contributed by atoms with Crippen molar-refractivity contribution < 1.29 is 4.79 Å². The molecule has 6 heteroatoms. The topological polar surface area (TPSA) is 57.6 Å². The number of carbonyl (C=O) groups excluding carboxylic acids is 1. The zero-order valence-corrected chi connectivity index (χ0v) is 14.2. The number of pyridine rings is 1. The van der Waals surface area contributed by atoms with Crippen molar-refractivity contribution in [3.05, 3.63) is 53.0 Å². The lowest BCUT2D eigenvalue weighted by molar-refractivity contribution is 0.101. The number of hydrogen-bond donors (Lipinski definition) is 1. The minimum atomic E-state index is -0.0417. The number of nitrogens with zero attached hydrogens (tertiary/aromatic N) is 3. The third kappa shape index (κ3) is 2.18. The first-order valence-corrected chi connectivity index (χ1v) is 8.51. The van der Waals surface area contributed by atoms with Crippen molar-refractivity contribution in [1.82, 2.24) is 4.98 Å². The van der Waals surface area contributed by atoms with Crippen LogP contribution in [0.15, 0.2) is 47.6 Å². The van der Waals surface area contributed by atoms with E-state index in [1.807, 2.05) is 50.4 Å². The van der Waals surface area contributed by atoms with Gasteiger partial charge in [-0.1, -0.05) is 18.2 Å². The molecule has 1 aromatic carbocycles. The molecular weight excluding hydrogens is 320 g/mol. The Morgan fingerprint density at radius 2 is 2.00 bits per heavy atom. The molecule has 1 N–H and O–H groups in total. The van der Waals surface area contributed by atoms with Gasteiger partial charge >= 0.3 is 0 Å². The highest BCUT2D eigenvalue weighted by molar-refractivity contribution is 7.21. The van der Waals surface area contributed by atoms with E-state index in [9.17, 15) is 4.79 Å². The molecule has 1 aliphatic rings. The summed E-state index contributed by atoms with van der Waals surface area (Å²) < 4.78 is 0. The van der Waals surface area contributed by atoms with Crippen LogP contribution < -0.4 is 10.2 Å². The average Bonchev–Trinajstić information content (AvgIpc) is 2.94. The fourth-order valence-electron chi connectivity index (χ4n) is 3.01. The number of carbonyl (C=O) groups is 1. The summed E-state index contributed by atoms with van der Waals surface area (Å²) in [5.41, 5.74) is 2.76. The van der Waals surface area contributed by atoms with Gasteiger partial charge < -0.3 is 5.32 Å². The smallest absolute Gasteiger partial charge is 0.274 e. The lowest BCUT2D eigenvalue weighted by atomic mass is 10.1. The second kappa shape index (κ2) is 5.72. The molecule has 24 heavy (non-hydrogen) atoms. The molecular formula is C18H16N4OS. The maximum Gasteiger partial charge on any atom is 0.274 e. The molecule has 0 atom stereocenters. The molecule has 0 saturated heterocycles. The molecule has 1 aliphatic heterocycles. The zero-order chi connectivity index (χ0) is 16.7. The molecule has 120 valence electrons. The summed E-state index contributed by atoms with van der Waals surface area (Å²) in [4.78, 5) is 25.6. The second-order valence-electron chi connectivity index (χ2n) is 5.54.